The van der Waals surface area contributed by atoms with Gasteiger partial charge >= 0.3 is 6.55 Å². The van der Waals surface area contributed by atoms with Crippen LogP contribution in [0.4, 0.5) is 8.78 Å². The van der Waals surface area contributed by atoms with Crippen LogP contribution in [0.1, 0.15) is 22.9 Å². The van der Waals surface area contributed by atoms with Gasteiger partial charge in [-0.2, -0.15) is 13.9 Å². The molecule has 7 nitrogen and oxygen atoms in total. The lowest BCUT2D eigenvalue weighted by molar-refractivity contribution is 0.0670. The Morgan fingerprint density at radius 2 is 2.10 bits per heavy atom. The van der Waals surface area contributed by atoms with Crippen LogP contribution in [0.3, 0.4) is 0 Å². The molecule has 0 saturated heterocycles. The number of nitrogens with zero attached hydrogens (tertiary/aromatic N) is 4. The lowest BCUT2D eigenvalue weighted by Crippen LogP contribution is -2.27. The highest BCUT2D eigenvalue weighted by molar-refractivity contribution is 6.30. The molecule has 1 amide bonds. The van der Waals surface area contributed by atoms with Crippen LogP contribution >= 0.6 is 11.6 Å². The maximum atomic E-state index is 12.9. The first kappa shape index (κ1) is 19.8. The molecular formula is C20H16ClF2N5O2. The number of furan rings is 1. The maximum Gasteiger partial charge on any atom is 0.319 e. The SMILES string of the molecule is O=C(NCCc1nccn1C(F)F)c1cc(-c2ccco2)n(-c2cccc(Cl)c2)n1. The summed E-state index contributed by atoms with van der Waals surface area (Å²) in [6.07, 6.45) is 4.17. The quantitative estimate of drug-likeness (QED) is 0.472. The van der Waals surface area contributed by atoms with Crippen molar-refractivity contribution in [1.29, 1.82) is 0 Å². The molecule has 0 saturated carbocycles. The monoisotopic (exact) mass is 431 g/mol. The summed E-state index contributed by atoms with van der Waals surface area (Å²) in [7, 11) is 0. The number of carbonyl (C=O) groups is 1. The Morgan fingerprint density at radius 3 is 2.83 bits per heavy atom. The van der Waals surface area contributed by atoms with E-state index in [0.717, 1.165) is 4.57 Å². The second kappa shape index (κ2) is 8.50. The fourth-order valence-corrected chi connectivity index (χ4v) is 3.17. The molecule has 30 heavy (non-hydrogen) atoms. The Morgan fingerprint density at radius 1 is 1.23 bits per heavy atom. The molecule has 0 aliphatic heterocycles. The van der Waals surface area contributed by atoms with Gasteiger partial charge in [0.2, 0.25) is 0 Å². The smallest absolute Gasteiger partial charge is 0.319 e. The fraction of sp³-hybridized carbons (Fsp3) is 0.150. The molecule has 4 aromatic rings. The highest BCUT2D eigenvalue weighted by atomic mass is 35.5. The van der Waals surface area contributed by atoms with Gasteiger partial charge in [0.25, 0.3) is 5.91 Å². The maximum absolute atomic E-state index is 12.9. The van der Waals surface area contributed by atoms with E-state index in [1.54, 1.807) is 47.1 Å². The summed E-state index contributed by atoms with van der Waals surface area (Å²) in [5.41, 5.74) is 1.38. The summed E-state index contributed by atoms with van der Waals surface area (Å²) in [4.78, 5) is 16.5. The minimum Gasteiger partial charge on any atom is -0.463 e. The first-order chi connectivity index (χ1) is 14.5. The van der Waals surface area contributed by atoms with Gasteiger partial charge in [0, 0.05) is 36.4 Å². The molecule has 4 rings (SSSR count). The average molecular weight is 432 g/mol. The predicted molar refractivity (Wildman–Crippen MR) is 106 cm³/mol. The third-order valence-electron chi connectivity index (χ3n) is 4.36. The first-order valence-corrected chi connectivity index (χ1v) is 9.38. The third kappa shape index (κ3) is 4.11. The zero-order valence-corrected chi connectivity index (χ0v) is 16.3. The summed E-state index contributed by atoms with van der Waals surface area (Å²) in [5, 5.41) is 7.59. The number of carbonyl (C=O) groups excluding carboxylic acids is 1. The Kier molecular flexibility index (Phi) is 5.62. The van der Waals surface area contributed by atoms with E-state index >= 15 is 0 Å². The molecule has 0 radical (unpaired) electrons. The number of imidazole rings is 1. The van der Waals surface area contributed by atoms with E-state index in [4.69, 9.17) is 16.0 Å². The standard InChI is InChI=1S/C20H16ClF2N5O2/c21-13-3-1-4-14(11-13)28-16(17-5-2-10-30-17)12-15(26-28)19(29)25-7-6-18-24-8-9-27(18)20(22)23/h1-5,8-12,20H,6-7H2,(H,25,29). The van der Waals surface area contributed by atoms with Gasteiger partial charge in [-0.3, -0.25) is 9.36 Å². The molecule has 0 aliphatic carbocycles. The van der Waals surface area contributed by atoms with Crippen molar-refractivity contribution >= 4 is 17.5 Å². The van der Waals surface area contributed by atoms with Crippen molar-refractivity contribution in [1.82, 2.24) is 24.6 Å². The van der Waals surface area contributed by atoms with Crippen molar-refractivity contribution in [2.45, 2.75) is 13.0 Å². The van der Waals surface area contributed by atoms with E-state index < -0.39 is 12.5 Å². The molecule has 0 atom stereocenters. The number of aromatic nitrogens is 4. The third-order valence-corrected chi connectivity index (χ3v) is 4.60. The van der Waals surface area contributed by atoms with E-state index in [0.29, 0.717) is 22.2 Å². The molecular weight excluding hydrogens is 416 g/mol. The second-order valence-corrected chi connectivity index (χ2v) is 6.75. The van der Waals surface area contributed by atoms with Crippen molar-refractivity contribution in [3.63, 3.8) is 0 Å². The van der Waals surface area contributed by atoms with Gasteiger partial charge in [-0.05, 0) is 30.3 Å². The molecule has 1 aromatic carbocycles. The van der Waals surface area contributed by atoms with Gasteiger partial charge in [0.1, 0.15) is 11.5 Å². The summed E-state index contributed by atoms with van der Waals surface area (Å²) in [6.45, 7) is -2.55. The van der Waals surface area contributed by atoms with Crippen molar-refractivity contribution in [2.75, 3.05) is 6.54 Å². The first-order valence-electron chi connectivity index (χ1n) is 9.01. The van der Waals surface area contributed by atoms with Gasteiger partial charge in [0.05, 0.1) is 12.0 Å². The van der Waals surface area contributed by atoms with Gasteiger partial charge < -0.3 is 9.73 Å². The minimum atomic E-state index is -2.68. The van der Waals surface area contributed by atoms with E-state index in [1.165, 1.54) is 18.7 Å². The molecule has 0 aliphatic rings. The highest BCUT2D eigenvalue weighted by Crippen LogP contribution is 2.25. The number of halogens is 3. The molecule has 0 unspecified atom stereocenters. The zero-order valence-electron chi connectivity index (χ0n) is 15.5. The second-order valence-electron chi connectivity index (χ2n) is 6.32. The van der Waals surface area contributed by atoms with Crippen LogP contribution in [0.5, 0.6) is 0 Å². The lowest BCUT2D eigenvalue weighted by atomic mass is 10.2. The number of nitrogens with one attached hydrogen (secondary N) is 1. The van der Waals surface area contributed by atoms with Crippen LogP contribution in [0.25, 0.3) is 17.1 Å². The highest BCUT2D eigenvalue weighted by Gasteiger charge is 2.19. The summed E-state index contributed by atoms with van der Waals surface area (Å²) in [6, 6.07) is 12.1. The Labute approximate surface area is 174 Å². The minimum absolute atomic E-state index is 0.128. The predicted octanol–water partition coefficient (Wildman–Crippen LogP) is 4.35. The summed E-state index contributed by atoms with van der Waals surface area (Å²) < 4.78 is 33.6. The topological polar surface area (TPSA) is 77.9 Å². The number of benzene rings is 1. The van der Waals surface area contributed by atoms with E-state index in [2.05, 4.69) is 15.4 Å². The normalized spacial score (nSPS) is 11.2. The largest absolute Gasteiger partial charge is 0.463 e. The number of hydrogen-bond acceptors (Lipinski definition) is 4. The van der Waals surface area contributed by atoms with Crippen LogP contribution in [0.15, 0.2) is 65.5 Å². The summed E-state index contributed by atoms with van der Waals surface area (Å²) in [5.74, 6) is 0.269. The van der Waals surface area contributed by atoms with E-state index in [-0.39, 0.29) is 24.5 Å². The van der Waals surface area contributed by atoms with Gasteiger partial charge in [-0.1, -0.05) is 17.7 Å². The van der Waals surface area contributed by atoms with Gasteiger partial charge in [-0.15, -0.1) is 0 Å². The van der Waals surface area contributed by atoms with Crippen LogP contribution < -0.4 is 5.32 Å². The van der Waals surface area contributed by atoms with Crippen molar-refractivity contribution in [3.8, 4) is 17.1 Å². The Balaban J connectivity index is 1.54. The van der Waals surface area contributed by atoms with Gasteiger partial charge in [-0.25, -0.2) is 9.67 Å². The van der Waals surface area contributed by atoms with Crippen LogP contribution in [0, 0.1) is 0 Å². The summed E-state index contributed by atoms with van der Waals surface area (Å²) >= 11 is 6.09. The number of hydrogen-bond donors (Lipinski definition) is 1. The number of alkyl halides is 2. The molecule has 154 valence electrons. The van der Waals surface area contributed by atoms with Crippen molar-refractivity contribution in [2.24, 2.45) is 0 Å². The van der Waals surface area contributed by atoms with Crippen LogP contribution in [-0.4, -0.2) is 31.8 Å². The molecule has 3 heterocycles. The molecule has 0 bridgehead atoms. The van der Waals surface area contributed by atoms with Crippen molar-refractivity contribution < 1.29 is 18.0 Å². The number of rotatable bonds is 7. The average Bonchev–Trinajstić information content (AvgIpc) is 3.47. The van der Waals surface area contributed by atoms with E-state index in [9.17, 15) is 13.6 Å². The fourth-order valence-electron chi connectivity index (χ4n) is 2.99. The Bertz CT molecular complexity index is 1150. The van der Waals surface area contributed by atoms with E-state index in [1.807, 2.05) is 0 Å². The molecule has 3 aromatic heterocycles. The van der Waals surface area contributed by atoms with Crippen molar-refractivity contribution in [3.05, 3.63) is 77.7 Å². The zero-order chi connectivity index (χ0) is 21.1. The molecule has 0 spiro atoms. The Hall–Kier alpha value is -3.46. The number of amides is 1. The lowest BCUT2D eigenvalue weighted by Gasteiger charge is -2.07. The van der Waals surface area contributed by atoms with Gasteiger partial charge in [0.15, 0.2) is 11.5 Å². The van der Waals surface area contributed by atoms with Crippen LogP contribution in [0.2, 0.25) is 5.02 Å². The molecule has 10 heteroatoms. The van der Waals surface area contributed by atoms with Crippen LogP contribution in [-0.2, 0) is 6.42 Å². The molecule has 0 fully saturated rings. The molecule has 1 N–H and O–H groups in total.